The Kier molecular flexibility index (Phi) is 6.78. The van der Waals surface area contributed by atoms with E-state index in [1.807, 2.05) is 30.3 Å². The summed E-state index contributed by atoms with van der Waals surface area (Å²) in [7, 11) is 0. The standard InChI is InChI=1S/C47H29N3O/c1-3-12-32-26-36(24-22-30(32)10-1)34-14-7-16-38(28-34)45-48-46(39-17-8-15-35(29-39)37-25-23-31-11-2-4-13-33(31)27-37)50-47(49-45)42-20-9-19-41-40-18-5-6-21-43(40)51-44(41)42/h1-29H. The fourth-order valence-corrected chi connectivity index (χ4v) is 7.09. The summed E-state index contributed by atoms with van der Waals surface area (Å²) in [6.07, 6.45) is 0. The normalized spacial score (nSPS) is 11.5. The lowest BCUT2D eigenvalue weighted by molar-refractivity contribution is 0.669. The van der Waals surface area contributed by atoms with Crippen LogP contribution in [0.5, 0.6) is 0 Å². The van der Waals surface area contributed by atoms with Gasteiger partial charge in [0, 0.05) is 21.9 Å². The Morgan fingerprint density at radius 3 is 1.41 bits per heavy atom. The molecule has 0 aliphatic rings. The molecule has 0 spiro atoms. The zero-order chi connectivity index (χ0) is 33.7. The fourth-order valence-electron chi connectivity index (χ4n) is 7.09. The Bertz CT molecular complexity index is 2800. The van der Waals surface area contributed by atoms with Gasteiger partial charge in [0.1, 0.15) is 11.2 Å². The zero-order valence-corrected chi connectivity index (χ0v) is 27.5. The second-order valence-corrected chi connectivity index (χ2v) is 12.9. The minimum Gasteiger partial charge on any atom is -0.455 e. The molecule has 8 aromatic carbocycles. The second kappa shape index (κ2) is 11.9. The first-order valence-corrected chi connectivity index (χ1v) is 17.1. The predicted octanol–water partition coefficient (Wildman–Crippen LogP) is 12.4. The number of nitrogens with zero attached hydrogens (tertiary/aromatic N) is 3. The third-order valence-electron chi connectivity index (χ3n) is 9.69. The van der Waals surface area contributed by atoms with Crippen LogP contribution >= 0.6 is 0 Å². The highest BCUT2D eigenvalue weighted by atomic mass is 16.3. The first-order chi connectivity index (χ1) is 25.2. The van der Waals surface area contributed by atoms with Gasteiger partial charge < -0.3 is 4.42 Å². The van der Waals surface area contributed by atoms with Crippen molar-refractivity contribution < 1.29 is 4.42 Å². The highest BCUT2D eigenvalue weighted by Gasteiger charge is 2.18. The van der Waals surface area contributed by atoms with Gasteiger partial charge >= 0.3 is 0 Å². The van der Waals surface area contributed by atoms with Gasteiger partial charge in [0.2, 0.25) is 0 Å². The second-order valence-electron chi connectivity index (χ2n) is 12.9. The van der Waals surface area contributed by atoms with Gasteiger partial charge in [-0.3, -0.25) is 0 Å². The molecule has 51 heavy (non-hydrogen) atoms. The van der Waals surface area contributed by atoms with Crippen LogP contribution in [-0.2, 0) is 0 Å². The van der Waals surface area contributed by atoms with E-state index in [-0.39, 0.29) is 0 Å². The van der Waals surface area contributed by atoms with Crippen molar-refractivity contribution in [3.63, 3.8) is 0 Å². The molecular weight excluding hydrogens is 623 g/mol. The van der Waals surface area contributed by atoms with Crippen LogP contribution in [0.15, 0.2) is 180 Å². The van der Waals surface area contributed by atoms with Crippen molar-refractivity contribution in [1.29, 1.82) is 0 Å². The maximum absolute atomic E-state index is 6.45. The van der Waals surface area contributed by atoms with Crippen molar-refractivity contribution in [2.75, 3.05) is 0 Å². The lowest BCUT2D eigenvalue weighted by atomic mass is 9.99. The van der Waals surface area contributed by atoms with E-state index in [9.17, 15) is 0 Å². The molecule has 0 saturated carbocycles. The maximum Gasteiger partial charge on any atom is 0.167 e. The van der Waals surface area contributed by atoms with Crippen LogP contribution in [-0.4, -0.2) is 15.0 Å². The molecule has 0 N–H and O–H groups in total. The number of benzene rings is 8. The first-order valence-electron chi connectivity index (χ1n) is 17.1. The number of fused-ring (bicyclic) bond motifs is 5. The fraction of sp³-hybridized carbons (Fsp3) is 0. The summed E-state index contributed by atoms with van der Waals surface area (Å²) in [5.74, 6) is 1.76. The van der Waals surface area contributed by atoms with Crippen LogP contribution in [0.4, 0.5) is 0 Å². The SMILES string of the molecule is c1cc(-c2ccc3ccccc3c2)cc(-c2nc(-c3cccc(-c4ccc5ccccc5c4)c3)nc(-c3cccc4c3oc3ccccc34)n2)c1. The molecule has 0 fully saturated rings. The van der Waals surface area contributed by atoms with E-state index < -0.39 is 0 Å². The maximum atomic E-state index is 6.45. The third kappa shape index (κ3) is 5.22. The van der Waals surface area contributed by atoms with Crippen molar-refractivity contribution in [2.45, 2.75) is 0 Å². The van der Waals surface area contributed by atoms with Crippen LogP contribution < -0.4 is 0 Å². The highest BCUT2D eigenvalue weighted by Crippen LogP contribution is 2.37. The molecule has 0 saturated heterocycles. The molecule has 238 valence electrons. The molecule has 10 rings (SSSR count). The van der Waals surface area contributed by atoms with Gasteiger partial charge in [0.15, 0.2) is 17.5 Å². The molecule has 0 unspecified atom stereocenters. The third-order valence-corrected chi connectivity index (χ3v) is 9.69. The van der Waals surface area contributed by atoms with E-state index in [4.69, 9.17) is 19.4 Å². The topological polar surface area (TPSA) is 51.8 Å². The first kappa shape index (κ1) is 29.0. The monoisotopic (exact) mass is 651 g/mol. The van der Waals surface area contributed by atoms with Gasteiger partial charge in [-0.25, -0.2) is 15.0 Å². The van der Waals surface area contributed by atoms with Gasteiger partial charge in [-0.05, 0) is 80.2 Å². The van der Waals surface area contributed by atoms with Crippen LogP contribution in [0.2, 0.25) is 0 Å². The van der Waals surface area contributed by atoms with Crippen molar-refractivity contribution in [1.82, 2.24) is 15.0 Å². The van der Waals surface area contributed by atoms with E-state index in [0.29, 0.717) is 17.5 Å². The summed E-state index contributed by atoms with van der Waals surface area (Å²) in [6.45, 7) is 0. The summed E-state index contributed by atoms with van der Waals surface area (Å²) in [5.41, 5.74) is 8.71. The lowest BCUT2D eigenvalue weighted by Crippen LogP contribution is -2.00. The van der Waals surface area contributed by atoms with Gasteiger partial charge in [0.25, 0.3) is 0 Å². The number of para-hydroxylation sites is 2. The average molecular weight is 652 g/mol. The molecule has 0 aliphatic carbocycles. The summed E-state index contributed by atoms with van der Waals surface area (Å²) in [5, 5.41) is 6.94. The van der Waals surface area contributed by atoms with Gasteiger partial charge in [-0.1, -0.05) is 140 Å². The molecule has 10 aromatic rings. The number of hydrogen-bond acceptors (Lipinski definition) is 4. The van der Waals surface area contributed by atoms with Crippen LogP contribution in [0.25, 0.3) is 99.9 Å². The molecular formula is C47H29N3O. The molecule has 0 bridgehead atoms. The smallest absolute Gasteiger partial charge is 0.167 e. The van der Waals surface area contributed by atoms with Gasteiger partial charge in [-0.2, -0.15) is 0 Å². The van der Waals surface area contributed by atoms with E-state index in [1.165, 1.54) is 21.5 Å². The lowest BCUT2D eigenvalue weighted by Gasteiger charge is -2.11. The summed E-state index contributed by atoms with van der Waals surface area (Å²) >= 11 is 0. The average Bonchev–Trinajstić information content (AvgIpc) is 3.59. The minimum absolute atomic E-state index is 0.562. The van der Waals surface area contributed by atoms with E-state index in [0.717, 1.165) is 60.9 Å². The quantitative estimate of drug-likeness (QED) is 0.186. The van der Waals surface area contributed by atoms with Crippen LogP contribution in [0.3, 0.4) is 0 Å². The molecule has 4 heteroatoms. The van der Waals surface area contributed by atoms with Crippen molar-refractivity contribution in [3.05, 3.63) is 176 Å². The molecule has 2 aromatic heterocycles. The molecule has 0 radical (unpaired) electrons. The van der Waals surface area contributed by atoms with E-state index in [2.05, 4.69) is 146 Å². The molecule has 0 amide bonds. The molecule has 0 atom stereocenters. The highest BCUT2D eigenvalue weighted by molar-refractivity contribution is 6.09. The minimum atomic E-state index is 0.562. The van der Waals surface area contributed by atoms with Crippen LogP contribution in [0.1, 0.15) is 0 Å². The Balaban J connectivity index is 1.15. The Labute approximate surface area is 294 Å². The summed E-state index contributed by atoms with van der Waals surface area (Å²) in [4.78, 5) is 15.4. The molecule has 2 heterocycles. The van der Waals surface area contributed by atoms with Crippen LogP contribution in [0, 0.1) is 0 Å². The van der Waals surface area contributed by atoms with Crippen molar-refractivity contribution in [3.8, 4) is 56.4 Å². The zero-order valence-electron chi connectivity index (χ0n) is 27.5. The Morgan fingerprint density at radius 2 is 0.784 bits per heavy atom. The van der Waals surface area contributed by atoms with Gasteiger partial charge in [0.05, 0.1) is 5.56 Å². The Hall–Kier alpha value is -6.91. The number of rotatable bonds is 5. The summed E-state index contributed by atoms with van der Waals surface area (Å²) < 4.78 is 6.45. The molecule has 0 aliphatic heterocycles. The Morgan fingerprint density at radius 1 is 0.314 bits per heavy atom. The van der Waals surface area contributed by atoms with Crippen molar-refractivity contribution >= 4 is 43.5 Å². The molecule has 4 nitrogen and oxygen atoms in total. The largest absolute Gasteiger partial charge is 0.455 e. The number of aromatic nitrogens is 3. The van der Waals surface area contributed by atoms with E-state index in [1.54, 1.807) is 0 Å². The number of hydrogen-bond donors (Lipinski definition) is 0. The summed E-state index contributed by atoms with van der Waals surface area (Å²) in [6, 6.07) is 61.2. The van der Waals surface area contributed by atoms with Gasteiger partial charge in [-0.15, -0.1) is 0 Å². The van der Waals surface area contributed by atoms with Crippen molar-refractivity contribution in [2.24, 2.45) is 0 Å². The number of furan rings is 1. The predicted molar refractivity (Wildman–Crippen MR) is 209 cm³/mol. The van der Waals surface area contributed by atoms with E-state index >= 15 is 0 Å².